The number of rotatable bonds is 3. The molecule has 0 radical (unpaired) electrons. The minimum absolute atomic E-state index is 0.190. The van der Waals surface area contributed by atoms with Gasteiger partial charge in [0.1, 0.15) is 16.3 Å². The molecule has 0 aliphatic rings. The van der Waals surface area contributed by atoms with E-state index in [0.717, 1.165) is 5.01 Å². The Morgan fingerprint density at radius 2 is 2.00 bits per heavy atom. The Labute approximate surface area is 141 Å². The van der Waals surface area contributed by atoms with Crippen LogP contribution in [0.15, 0.2) is 29.1 Å². The van der Waals surface area contributed by atoms with Gasteiger partial charge in [0.2, 0.25) is 5.13 Å². The van der Waals surface area contributed by atoms with Gasteiger partial charge < -0.3 is 9.67 Å². The number of aromatic nitrogens is 3. The first-order valence-corrected chi connectivity index (χ1v) is 8.17. The van der Waals surface area contributed by atoms with Crippen LogP contribution >= 0.6 is 11.3 Å². The molecule has 3 rings (SSSR count). The molecule has 0 spiro atoms. The standard InChI is InChI=1S/C16H16N4O3S/c1-8(2)14-18-19-16(24-14)17-13(22)11-12(21)9-6-4-5-7-10(9)20(3)15(11)23/h4-8,21H,1-3H3,(H,17,19,22). The highest BCUT2D eigenvalue weighted by molar-refractivity contribution is 7.15. The van der Waals surface area contributed by atoms with Crippen LogP contribution < -0.4 is 10.9 Å². The summed E-state index contributed by atoms with van der Waals surface area (Å²) in [5, 5.41) is 22.3. The van der Waals surface area contributed by atoms with Crippen LogP contribution in [-0.2, 0) is 7.05 Å². The van der Waals surface area contributed by atoms with Crippen LogP contribution in [-0.4, -0.2) is 25.8 Å². The molecule has 124 valence electrons. The van der Waals surface area contributed by atoms with E-state index >= 15 is 0 Å². The zero-order valence-electron chi connectivity index (χ0n) is 13.4. The molecule has 2 N–H and O–H groups in total. The van der Waals surface area contributed by atoms with Crippen molar-refractivity contribution < 1.29 is 9.90 Å². The number of nitrogens with zero attached hydrogens (tertiary/aromatic N) is 3. The lowest BCUT2D eigenvalue weighted by atomic mass is 10.1. The maximum absolute atomic E-state index is 12.5. The van der Waals surface area contributed by atoms with E-state index in [-0.39, 0.29) is 17.2 Å². The Morgan fingerprint density at radius 1 is 1.29 bits per heavy atom. The highest BCUT2D eigenvalue weighted by atomic mass is 32.1. The summed E-state index contributed by atoms with van der Waals surface area (Å²) < 4.78 is 1.34. The maximum atomic E-state index is 12.5. The molecule has 0 unspecified atom stereocenters. The molecule has 2 heterocycles. The molecule has 3 aromatic rings. The topological polar surface area (TPSA) is 97.1 Å². The van der Waals surface area contributed by atoms with Gasteiger partial charge in [-0.2, -0.15) is 0 Å². The number of aryl methyl sites for hydroxylation is 1. The van der Waals surface area contributed by atoms with Gasteiger partial charge >= 0.3 is 0 Å². The summed E-state index contributed by atoms with van der Waals surface area (Å²) in [4.78, 5) is 24.9. The predicted octanol–water partition coefficient (Wildman–Crippen LogP) is 2.47. The quantitative estimate of drug-likeness (QED) is 0.761. The van der Waals surface area contributed by atoms with E-state index in [0.29, 0.717) is 16.0 Å². The average molecular weight is 344 g/mol. The summed E-state index contributed by atoms with van der Waals surface area (Å²) in [6.07, 6.45) is 0. The van der Waals surface area contributed by atoms with Crippen molar-refractivity contribution in [2.75, 3.05) is 5.32 Å². The SMILES string of the molecule is CC(C)c1nnc(NC(=O)c2c(O)c3ccccc3n(C)c2=O)s1. The van der Waals surface area contributed by atoms with Gasteiger partial charge in [-0.15, -0.1) is 10.2 Å². The van der Waals surface area contributed by atoms with Crippen LogP contribution in [0.4, 0.5) is 5.13 Å². The van der Waals surface area contributed by atoms with Gasteiger partial charge in [-0.1, -0.05) is 37.3 Å². The second kappa shape index (κ2) is 6.04. The van der Waals surface area contributed by atoms with Crippen molar-refractivity contribution in [3.63, 3.8) is 0 Å². The Kier molecular flexibility index (Phi) is 4.06. The number of fused-ring (bicyclic) bond motifs is 1. The molecular formula is C16H16N4O3S. The van der Waals surface area contributed by atoms with Crippen molar-refractivity contribution in [3.05, 3.63) is 45.2 Å². The van der Waals surface area contributed by atoms with Gasteiger partial charge in [0.15, 0.2) is 0 Å². The Hall–Kier alpha value is -2.74. The number of nitrogens with one attached hydrogen (secondary N) is 1. The smallest absolute Gasteiger partial charge is 0.267 e. The third-order valence-electron chi connectivity index (χ3n) is 3.66. The third kappa shape index (κ3) is 2.65. The normalized spacial score (nSPS) is 11.2. The molecule has 8 heteroatoms. The maximum Gasteiger partial charge on any atom is 0.267 e. The summed E-state index contributed by atoms with van der Waals surface area (Å²) in [5.74, 6) is -0.847. The lowest BCUT2D eigenvalue weighted by Gasteiger charge is -2.10. The van der Waals surface area contributed by atoms with Gasteiger partial charge in [-0.3, -0.25) is 14.9 Å². The zero-order valence-corrected chi connectivity index (χ0v) is 14.2. The Bertz CT molecular complexity index is 991. The molecule has 0 bridgehead atoms. The minimum Gasteiger partial charge on any atom is -0.506 e. The minimum atomic E-state index is -0.703. The summed E-state index contributed by atoms with van der Waals surface area (Å²) in [6.45, 7) is 3.94. The number of benzene rings is 1. The lowest BCUT2D eigenvalue weighted by molar-refractivity contribution is 0.102. The van der Waals surface area contributed by atoms with E-state index in [4.69, 9.17) is 0 Å². The van der Waals surface area contributed by atoms with E-state index < -0.39 is 11.5 Å². The van der Waals surface area contributed by atoms with Gasteiger partial charge in [0, 0.05) is 18.4 Å². The molecule has 0 fully saturated rings. The van der Waals surface area contributed by atoms with Gasteiger partial charge in [0.25, 0.3) is 11.5 Å². The number of carbonyl (C=O) groups excluding carboxylic acids is 1. The molecule has 7 nitrogen and oxygen atoms in total. The van der Waals surface area contributed by atoms with Crippen molar-refractivity contribution in [3.8, 4) is 5.75 Å². The fourth-order valence-corrected chi connectivity index (χ4v) is 3.10. The van der Waals surface area contributed by atoms with Gasteiger partial charge in [-0.25, -0.2) is 0 Å². The number of para-hydroxylation sites is 1. The van der Waals surface area contributed by atoms with Crippen LogP contribution in [0.3, 0.4) is 0 Å². The van der Waals surface area contributed by atoms with Crippen molar-refractivity contribution in [1.82, 2.24) is 14.8 Å². The van der Waals surface area contributed by atoms with Crippen LogP contribution in [0.1, 0.15) is 35.1 Å². The number of carbonyl (C=O) groups is 1. The summed E-state index contributed by atoms with van der Waals surface area (Å²) in [7, 11) is 1.56. The molecule has 2 aromatic heterocycles. The largest absolute Gasteiger partial charge is 0.506 e. The van der Waals surface area contributed by atoms with Crippen molar-refractivity contribution in [2.45, 2.75) is 19.8 Å². The van der Waals surface area contributed by atoms with Gasteiger partial charge in [-0.05, 0) is 12.1 Å². The zero-order chi connectivity index (χ0) is 17.4. The summed E-state index contributed by atoms with van der Waals surface area (Å²) >= 11 is 1.24. The molecule has 0 aliphatic heterocycles. The first-order valence-electron chi connectivity index (χ1n) is 7.35. The lowest BCUT2D eigenvalue weighted by Crippen LogP contribution is -2.28. The van der Waals surface area contributed by atoms with Crippen LogP contribution in [0.5, 0.6) is 5.75 Å². The fraction of sp³-hybridized carbons (Fsp3) is 0.250. The number of aromatic hydroxyl groups is 1. The molecule has 0 saturated heterocycles. The number of anilines is 1. The van der Waals surface area contributed by atoms with Crippen LogP contribution in [0.2, 0.25) is 0 Å². The molecule has 24 heavy (non-hydrogen) atoms. The summed E-state index contributed by atoms with van der Waals surface area (Å²) in [5.41, 5.74) is -0.329. The molecule has 0 aliphatic carbocycles. The van der Waals surface area contributed by atoms with E-state index in [2.05, 4.69) is 15.5 Å². The monoisotopic (exact) mass is 344 g/mol. The second-order valence-corrected chi connectivity index (χ2v) is 6.67. The average Bonchev–Trinajstić information content (AvgIpc) is 3.02. The van der Waals surface area contributed by atoms with Crippen molar-refractivity contribution in [1.29, 1.82) is 0 Å². The van der Waals surface area contributed by atoms with Crippen molar-refractivity contribution in [2.24, 2.45) is 7.05 Å². The van der Waals surface area contributed by atoms with Crippen molar-refractivity contribution >= 4 is 33.3 Å². The van der Waals surface area contributed by atoms with Crippen LogP contribution in [0.25, 0.3) is 10.9 Å². The first-order chi connectivity index (χ1) is 11.4. The number of hydrogen-bond acceptors (Lipinski definition) is 6. The van der Waals surface area contributed by atoms with E-state index in [9.17, 15) is 14.7 Å². The van der Waals surface area contributed by atoms with E-state index in [1.54, 1.807) is 31.3 Å². The van der Waals surface area contributed by atoms with E-state index in [1.165, 1.54) is 15.9 Å². The van der Waals surface area contributed by atoms with Gasteiger partial charge in [0.05, 0.1) is 5.52 Å². The van der Waals surface area contributed by atoms with E-state index in [1.807, 2.05) is 13.8 Å². The molecule has 1 amide bonds. The highest BCUT2D eigenvalue weighted by Crippen LogP contribution is 2.27. The first kappa shape index (κ1) is 16.1. The fourth-order valence-electron chi connectivity index (χ4n) is 2.36. The second-order valence-electron chi connectivity index (χ2n) is 5.66. The molecule has 1 aromatic carbocycles. The third-order valence-corrected chi connectivity index (χ3v) is 4.80. The Balaban J connectivity index is 2.05. The predicted molar refractivity (Wildman–Crippen MR) is 92.8 cm³/mol. The molecule has 0 saturated carbocycles. The summed E-state index contributed by atoms with van der Waals surface area (Å²) in [6, 6.07) is 6.85. The molecule has 0 atom stereocenters. The molecular weight excluding hydrogens is 328 g/mol. The number of pyridine rings is 1. The Morgan fingerprint density at radius 3 is 2.67 bits per heavy atom. The highest BCUT2D eigenvalue weighted by Gasteiger charge is 2.22. The number of amides is 1. The van der Waals surface area contributed by atoms with Crippen LogP contribution in [0, 0.1) is 0 Å². The number of hydrogen-bond donors (Lipinski definition) is 2.